The highest BCUT2D eigenvalue weighted by molar-refractivity contribution is 4.56. The van der Waals surface area contributed by atoms with Crippen molar-refractivity contribution in [2.75, 3.05) is 40.1 Å². The van der Waals surface area contributed by atoms with Crippen LogP contribution >= 0.6 is 0 Å². The Morgan fingerprint density at radius 2 is 2.20 bits per heavy atom. The molecule has 1 rings (SSSR count). The smallest absolute Gasteiger partial charge is 0.192 e. The third-order valence-corrected chi connectivity index (χ3v) is 3.22. The lowest BCUT2D eigenvalue weighted by Crippen LogP contribution is -2.60. The van der Waals surface area contributed by atoms with Gasteiger partial charge >= 0.3 is 0 Å². The number of methoxy groups -OCH3 is 1. The highest BCUT2D eigenvalue weighted by Crippen LogP contribution is 2.24. The van der Waals surface area contributed by atoms with E-state index in [4.69, 9.17) is 9.47 Å². The maximum atomic E-state index is 10.1. The van der Waals surface area contributed by atoms with Crippen molar-refractivity contribution in [2.24, 2.45) is 0 Å². The van der Waals surface area contributed by atoms with E-state index in [2.05, 4.69) is 0 Å². The molecule has 0 amide bonds. The molecule has 2 atom stereocenters. The normalized spacial score (nSPS) is 31.8. The number of hydrogen-bond donors (Lipinski definition) is 1. The quantitative estimate of drug-likeness (QED) is 0.533. The van der Waals surface area contributed by atoms with E-state index in [9.17, 15) is 5.11 Å². The second-order valence-electron chi connectivity index (χ2n) is 4.26. The van der Waals surface area contributed by atoms with Crippen molar-refractivity contribution in [3.8, 4) is 0 Å². The zero-order valence-corrected chi connectivity index (χ0v) is 9.95. The average molecular weight is 218 g/mol. The standard InChI is InChI=1S/C11H24NO3/c1-3-15-9-8-12(10-14-2)7-5-4-6-11(12)13/h11,13H,3-10H2,1-2H3/q+1. The fourth-order valence-electron chi connectivity index (χ4n) is 2.30. The Kier molecular flexibility index (Phi) is 5.53. The van der Waals surface area contributed by atoms with Crippen molar-refractivity contribution in [1.29, 1.82) is 0 Å². The first-order valence-electron chi connectivity index (χ1n) is 5.85. The van der Waals surface area contributed by atoms with Crippen LogP contribution in [0.2, 0.25) is 0 Å². The summed E-state index contributed by atoms with van der Waals surface area (Å²) < 4.78 is 11.3. The van der Waals surface area contributed by atoms with Crippen LogP contribution in [0.5, 0.6) is 0 Å². The maximum Gasteiger partial charge on any atom is 0.192 e. The minimum Gasteiger partial charge on any atom is -0.376 e. The molecule has 90 valence electrons. The molecule has 1 saturated heterocycles. The van der Waals surface area contributed by atoms with Crippen LogP contribution in [0.4, 0.5) is 0 Å². The van der Waals surface area contributed by atoms with Crippen molar-refractivity contribution >= 4 is 0 Å². The largest absolute Gasteiger partial charge is 0.376 e. The molecule has 0 radical (unpaired) electrons. The molecule has 1 aliphatic rings. The van der Waals surface area contributed by atoms with Gasteiger partial charge in [0.15, 0.2) is 13.0 Å². The summed E-state index contributed by atoms with van der Waals surface area (Å²) in [6, 6.07) is 0. The van der Waals surface area contributed by atoms with E-state index < -0.39 is 0 Å². The van der Waals surface area contributed by atoms with Crippen LogP contribution in [0.1, 0.15) is 26.2 Å². The Labute approximate surface area is 92.4 Å². The van der Waals surface area contributed by atoms with Gasteiger partial charge < -0.3 is 14.6 Å². The maximum absolute atomic E-state index is 10.1. The number of aliphatic hydroxyl groups is 1. The topological polar surface area (TPSA) is 38.7 Å². The molecular formula is C11H24NO3+. The molecule has 1 fully saturated rings. The fraction of sp³-hybridized carbons (Fsp3) is 1.00. The van der Waals surface area contributed by atoms with Gasteiger partial charge in [0.1, 0.15) is 6.54 Å². The average Bonchev–Trinajstić information content (AvgIpc) is 2.23. The number of ether oxygens (including phenoxy) is 2. The first-order valence-corrected chi connectivity index (χ1v) is 5.85. The molecule has 15 heavy (non-hydrogen) atoms. The van der Waals surface area contributed by atoms with Crippen LogP contribution in [-0.2, 0) is 9.47 Å². The van der Waals surface area contributed by atoms with Gasteiger partial charge in [0.2, 0.25) is 0 Å². The van der Waals surface area contributed by atoms with Gasteiger partial charge in [-0.1, -0.05) is 0 Å². The van der Waals surface area contributed by atoms with Gasteiger partial charge in [-0.2, -0.15) is 0 Å². The predicted octanol–water partition coefficient (Wildman–Crippen LogP) is 0.946. The van der Waals surface area contributed by atoms with E-state index in [-0.39, 0.29) is 6.23 Å². The van der Waals surface area contributed by atoms with Crippen LogP contribution < -0.4 is 0 Å². The Morgan fingerprint density at radius 1 is 1.40 bits per heavy atom. The number of aliphatic hydroxyl groups excluding tert-OH is 1. The SMILES string of the molecule is CCOCC[N+]1(COC)CCCCC1O. The molecule has 0 aromatic rings. The number of hydrogen-bond acceptors (Lipinski definition) is 3. The van der Waals surface area contributed by atoms with E-state index in [0.29, 0.717) is 17.8 Å². The number of rotatable bonds is 6. The molecule has 4 nitrogen and oxygen atoms in total. The van der Waals surface area contributed by atoms with E-state index in [1.54, 1.807) is 7.11 Å². The van der Waals surface area contributed by atoms with Gasteiger partial charge in [-0.15, -0.1) is 0 Å². The molecule has 4 heteroatoms. The van der Waals surface area contributed by atoms with E-state index >= 15 is 0 Å². The highest BCUT2D eigenvalue weighted by atomic mass is 16.5. The van der Waals surface area contributed by atoms with Gasteiger partial charge in [-0.05, 0) is 19.8 Å². The minimum atomic E-state index is -0.279. The van der Waals surface area contributed by atoms with Crippen molar-refractivity contribution in [3.63, 3.8) is 0 Å². The second-order valence-corrected chi connectivity index (χ2v) is 4.26. The fourth-order valence-corrected chi connectivity index (χ4v) is 2.30. The molecule has 2 unspecified atom stereocenters. The third kappa shape index (κ3) is 3.41. The lowest BCUT2D eigenvalue weighted by atomic mass is 10.1. The van der Waals surface area contributed by atoms with Gasteiger partial charge in [0.05, 0.1) is 13.2 Å². The number of likely N-dealkylation sites (tertiary alicyclic amines) is 1. The van der Waals surface area contributed by atoms with E-state index in [1.165, 1.54) is 6.42 Å². The molecule has 1 aliphatic heterocycles. The Morgan fingerprint density at radius 3 is 2.80 bits per heavy atom. The number of quaternary nitrogens is 1. The molecule has 0 saturated carbocycles. The summed E-state index contributed by atoms with van der Waals surface area (Å²) in [5.74, 6) is 0. The zero-order chi connectivity index (χ0) is 11.1. The van der Waals surface area contributed by atoms with Gasteiger partial charge in [-0.3, -0.25) is 4.48 Å². The Bertz CT molecular complexity index is 173. The van der Waals surface area contributed by atoms with Gasteiger partial charge in [-0.25, -0.2) is 0 Å². The molecule has 0 aromatic heterocycles. The summed E-state index contributed by atoms with van der Waals surface area (Å²) in [5, 5.41) is 10.1. The highest BCUT2D eigenvalue weighted by Gasteiger charge is 2.37. The second kappa shape index (κ2) is 6.43. The van der Waals surface area contributed by atoms with Crippen LogP contribution in [0.25, 0.3) is 0 Å². The summed E-state index contributed by atoms with van der Waals surface area (Å²) in [7, 11) is 1.70. The first kappa shape index (κ1) is 12.9. The molecule has 1 N–H and O–H groups in total. The molecule has 0 aliphatic carbocycles. The van der Waals surface area contributed by atoms with Crippen molar-refractivity contribution in [3.05, 3.63) is 0 Å². The molecule has 0 spiro atoms. The van der Waals surface area contributed by atoms with E-state index in [0.717, 1.165) is 32.5 Å². The van der Waals surface area contributed by atoms with Crippen LogP contribution in [-0.4, -0.2) is 56.0 Å². The summed E-state index contributed by atoms with van der Waals surface area (Å²) in [4.78, 5) is 0. The third-order valence-electron chi connectivity index (χ3n) is 3.22. The summed E-state index contributed by atoms with van der Waals surface area (Å²) in [6.07, 6.45) is 2.90. The lowest BCUT2D eigenvalue weighted by molar-refractivity contribution is -0.991. The van der Waals surface area contributed by atoms with Gasteiger partial charge in [0.25, 0.3) is 0 Å². The lowest BCUT2D eigenvalue weighted by Gasteiger charge is -2.44. The Balaban J connectivity index is 2.50. The van der Waals surface area contributed by atoms with Crippen molar-refractivity contribution in [2.45, 2.75) is 32.4 Å². The Hall–Kier alpha value is -0.160. The molecule has 0 aromatic carbocycles. The molecule has 1 heterocycles. The van der Waals surface area contributed by atoms with Crippen LogP contribution in [0.15, 0.2) is 0 Å². The van der Waals surface area contributed by atoms with Crippen LogP contribution in [0.3, 0.4) is 0 Å². The van der Waals surface area contributed by atoms with Gasteiger partial charge in [0, 0.05) is 20.1 Å². The minimum absolute atomic E-state index is 0.279. The number of piperidine rings is 1. The first-order chi connectivity index (χ1) is 7.25. The van der Waals surface area contributed by atoms with Crippen LogP contribution in [0, 0.1) is 0 Å². The molecular weight excluding hydrogens is 194 g/mol. The number of nitrogens with zero attached hydrogens (tertiary/aromatic N) is 1. The zero-order valence-electron chi connectivity index (χ0n) is 9.95. The van der Waals surface area contributed by atoms with Crippen molar-refractivity contribution < 1.29 is 19.1 Å². The van der Waals surface area contributed by atoms with Crippen molar-refractivity contribution in [1.82, 2.24) is 0 Å². The summed E-state index contributed by atoms with van der Waals surface area (Å²) in [5.41, 5.74) is 0. The summed E-state index contributed by atoms with van der Waals surface area (Å²) in [6.45, 7) is 5.88. The summed E-state index contributed by atoms with van der Waals surface area (Å²) >= 11 is 0. The monoisotopic (exact) mass is 218 g/mol. The predicted molar refractivity (Wildman–Crippen MR) is 58.2 cm³/mol. The molecule has 0 bridgehead atoms. The van der Waals surface area contributed by atoms with E-state index in [1.807, 2.05) is 6.92 Å².